The Morgan fingerprint density at radius 2 is 0.552 bits per heavy atom. The molecule has 3 aliphatic carbocycles. The summed E-state index contributed by atoms with van der Waals surface area (Å²) in [7, 11) is 0. The van der Waals surface area contributed by atoms with Crippen LogP contribution in [0, 0.1) is 23.0 Å². The van der Waals surface area contributed by atoms with Gasteiger partial charge in [0, 0.05) is 91.4 Å². The van der Waals surface area contributed by atoms with Crippen LogP contribution in [0.4, 0.5) is 0 Å². The number of hydrogen-bond acceptors (Lipinski definition) is 9. The number of fused-ring (bicyclic) bond motifs is 5. The van der Waals surface area contributed by atoms with E-state index in [1.54, 1.807) is 0 Å². The smallest absolute Gasteiger partial charge is 0.199 e. The molecule has 11 heteroatoms. The summed E-state index contributed by atoms with van der Waals surface area (Å²) in [6.45, 7) is 59.9. The van der Waals surface area contributed by atoms with Crippen LogP contribution in [0.5, 0.6) is 0 Å². The Labute approximate surface area is 717 Å². The molecule has 116 heavy (non-hydrogen) atoms. The van der Waals surface area contributed by atoms with Crippen LogP contribution >= 0.6 is 0 Å². The number of aromatic nitrogens is 8. The van der Waals surface area contributed by atoms with E-state index in [0.29, 0.717) is 40.7 Å². The third-order valence-electron chi connectivity index (χ3n) is 27.6. The van der Waals surface area contributed by atoms with Crippen molar-refractivity contribution in [3.05, 3.63) is 274 Å². The molecule has 5 heterocycles. The van der Waals surface area contributed by atoms with Gasteiger partial charge in [0.1, 0.15) is 5.76 Å². The van der Waals surface area contributed by atoms with Gasteiger partial charge in [0.25, 0.3) is 0 Å². The third-order valence-corrected chi connectivity index (χ3v) is 27.6. The standard InChI is InChI=1S/C58H61N4.C47H51N4O.2Ir/c1-53(2,3)41-22-15-35(16-23-41)50-60-51(36-17-24-42(25-18-36)54(4,5)6)62-52(61-50)40-20-27-44-43-26-19-37(31-46(43)55(7,8)47(44)33-40)38-29-30-59-49(34-38)39-21-28-45-48(32-39)57(11,12)58(13,14)56(45,9)10;1-43(2,3)33-18-13-29(14-19-33)40-49-41(30-15-20-34(21-16-30)44(4,5)6)51-42(50-40)39-24-23-38(52-39)32-25-26-48-37(28-32)31-17-22-35-36(27-31)46(9,10)47(11,12)45(35,7)8;;/h15-20,22-34H,1-14H3;13-16,18-28H,1-12H3;;/q2*-1;;. The molecule has 5 aromatic heterocycles. The summed E-state index contributed by atoms with van der Waals surface area (Å²) in [5, 5.41) is 0. The molecule has 0 N–H and O–H groups in total. The van der Waals surface area contributed by atoms with Crippen LogP contribution in [-0.4, -0.2) is 39.9 Å². The molecule has 8 aromatic carbocycles. The Balaban J connectivity index is 0.000000201. The van der Waals surface area contributed by atoms with Gasteiger partial charge >= 0.3 is 0 Å². The first kappa shape index (κ1) is 84.6. The largest absolute Gasteiger partial charge is 0.453 e. The van der Waals surface area contributed by atoms with Crippen molar-refractivity contribution in [1.82, 2.24) is 39.9 Å². The van der Waals surface area contributed by atoms with Crippen molar-refractivity contribution < 1.29 is 44.6 Å². The summed E-state index contributed by atoms with van der Waals surface area (Å²) >= 11 is 0. The van der Waals surface area contributed by atoms with Crippen LogP contribution in [0.15, 0.2) is 211 Å². The predicted octanol–water partition coefficient (Wildman–Crippen LogP) is 27.1. The average Bonchev–Trinajstić information content (AvgIpc) is 1.55. The first-order valence-corrected chi connectivity index (χ1v) is 40.7. The van der Waals surface area contributed by atoms with Crippen molar-refractivity contribution in [3.8, 4) is 125 Å². The molecule has 0 unspecified atom stereocenters. The van der Waals surface area contributed by atoms with Crippen LogP contribution in [0.25, 0.3) is 125 Å². The second-order valence-electron chi connectivity index (χ2n) is 40.2. The number of hydrogen-bond donors (Lipinski definition) is 0. The van der Waals surface area contributed by atoms with E-state index in [4.69, 9.17) is 44.3 Å². The van der Waals surface area contributed by atoms with Crippen molar-refractivity contribution in [1.29, 1.82) is 0 Å². The summed E-state index contributed by atoms with van der Waals surface area (Å²) in [6.07, 6.45) is 3.79. The molecule has 0 atom stereocenters. The van der Waals surface area contributed by atoms with Gasteiger partial charge in [-0.3, -0.25) is 0 Å². The predicted molar refractivity (Wildman–Crippen MR) is 472 cm³/mol. The number of nitrogens with zero attached hydrogens (tertiary/aromatic N) is 8. The molecule has 3 aliphatic rings. The first-order valence-electron chi connectivity index (χ1n) is 40.7. The average molecular weight is 1890 g/mol. The molecule has 598 valence electrons. The quantitative estimate of drug-likeness (QED) is 0.123. The minimum absolute atomic E-state index is 0. The Morgan fingerprint density at radius 1 is 0.267 bits per heavy atom. The molecule has 13 aromatic rings. The van der Waals surface area contributed by atoms with Crippen molar-refractivity contribution in [3.63, 3.8) is 0 Å². The van der Waals surface area contributed by atoms with E-state index in [1.165, 1.54) is 72.3 Å². The van der Waals surface area contributed by atoms with Crippen LogP contribution in [0.3, 0.4) is 0 Å². The monoisotopic (exact) mass is 1890 g/mol. The van der Waals surface area contributed by atoms with Crippen molar-refractivity contribution in [2.75, 3.05) is 0 Å². The Kier molecular flexibility index (Phi) is 21.6. The van der Waals surface area contributed by atoms with Gasteiger partial charge < -0.3 is 14.4 Å². The van der Waals surface area contributed by atoms with E-state index in [2.05, 4.69) is 368 Å². The summed E-state index contributed by atoms with van der Waals surface area (Å²) in [5.74, 6) is 4.99. The van der Waals surface area contributed by atoms with Gasteiger partial charge in [0.15, 0.2) is 40.7 Å². The van der Waals surface area contributed by atoms with Gasteiger partial charge in [0.05, 0.1) is 0 Å². The Morgan fingerprint density at radius 3 is 0.914 bits per heavy atom. The number of benzene rings is 8. The second kappa shape index (κ2) is 29.6. The molecule has 0 saturated carbocycles. The number of rotatable bonds is 10. The first-order chi connectivity index (χ1) is 53.2. The second-order valence-corrected chi connectivity index (χ2v) is 40.2. The normalized spacial score (nSPS) is 16.2. The molecule has 16 rings (SSSR count). The van der Waals surface area contributed by atoms with Gasteiger partial charge in [-0.25, -0.2) is 29.9 Å². The fourth-order valence-electron chi connectivity index (χ4n) is 17.4. The molecule has 0 spiro atoms. The van der Waals surface area contributed by atoms with Crippen molar-refractivity contribution in [2.24, 2.45) is 10.8 Å². The number of furan rings is 1. The maximum atomic E-state index is 6.53. The van der Waals surface area contributed by atoms with Gasteiger partial charge in [-0.05, 0) is 158 Å². The zero-order valence-electron chi connectivity index (χ0n) is 72.8. The van der Waals surface area contributed by atoms with E-state index in [0.717, 1.165) is 67.2 Å². The van der Waals surface area contributed by atoms with E-state index in [1.807, 2.05) is 30.6 Å². The van der Waals surface area contributed by atoms with Gasteiger partial charge in [0.2, 0.25) is 0 Å². The molecule has 9 nitrogen and oxygen atoms in total. The van der Waals surface area contributed by atoms with Crippen molar-refractivity contribution >= 4 is 0 Å². The van der Waals surface area contributed by atoms with Gasteiger partial charge in [-0.1, -0.05) is 313 Å². The SMILES string of the molecule is CC(C)(C)c1ccc(-c2nc(-c3ccc(C(C)(C)C)cc3)nc(-c3ccc(-c4ccnc(-c5[c-]cc6c(c5)C(C)(C)C(C)(C)C6(C)C)c4)o3)n2)cc1.CC(C)(C)c1ccc(-c2nc(-c3ccc(C(C)(C)C)cc3)nc(-c3ccc4c(c3)C(C)(C)c3cc(-c5ccnc(-c6[c-]cc7c(c6)C(C)(C)C(C)(C)C7(C)C)c5)ccc3-4)n2)cc1.[Ir].[Ir]. The Hall–Kier alpha value is -9.34. The molecular formula is C105H112Ir2N8O-2. The van der Waals surface area contributed by atoms with Crippen LogP contribution in [0.1, 0.15) is 236 Å². The van der Waals surface area contributed by atoms with E-state index < -0.39 is 0 Å². The fourth-order valence-corrected chi connectivity index (χ4v) is 17.4. The van der Waals surface area contributed by atoms with Crippen LogP contribution in [0.2, 0.25) is 0 Å². The number of pyridine rings is 2. The molecule has 2 radical (unpaired) electrons. The summed E-state index contributed by atoms with van der Waals surface area (Å²) < 4.78 is 6.53. The zero-order valence-corrected chi connectivity index (χ0v) is 77.6. The van der Waals surface area contributed by atoms with Crippen molar-refractivity contribution in [2.45, 2.75) is 229 Å². The van der Waals surface area contributed by atoms with E-state index in [-0.39, 0.29) is 99.8 Å². The third kappa shape index (κ3) is 14.8. The topological polar surface area (TPSA) is 116 Å². The van der Waals surface area contributed by atoms with E-state index in [9.17, 15) is 0 Å². The van der Waals surface area contributed by atoms with Gasteiger partial charge in [-0.2, -0.15) is 0 Å². The molecule has 0 fully saturated rings. The van der Waals surface area contributed by atoms with Crippen LogP contribution < -0.4 is 0 Å². The minimum atomic E-state index is -0.254. The maximum Gasteiger partial charge on any atom is 0.199 e. The summed E-state index contributed by atoms with van der Waals surface area (Å²) in [6, 6.07) is 76.7. The fraction of sp³-hybridized carbons (Fsp3) is 0.352. The van der Waals surface area contributed by atoms with E-state index >= 15 is 0 Å². The summed E-state index contributed by atoms with van der Waals surface area (Å²) in [5.41, 5.74) is 27.7. The molecular weight excluding hydrogens is 1770 g/mol. The maximum absolute atomic E-state index is 6.53. The summed E-state index contributed by atoms with van der Waals surface area (Å²) in [4.78, 5) is 40.0. The molecule has 0 saturated heterocycles. The Bertz CT molecular complexity index is 5760. The molecule has 0 amide bonds. The van der Waals surface area contributed by atoms with Gasteiger partial charge in [-0.15, -0.1) is 69.8 Å². The zero-order chi connectivity index (χ0) is 81.8. The minimum Gasteiger partial charge on any atom is -0.453 e. The van der Waals surface area contributed by atoms with Crippen LogP contribution in [-0.2, 0) is 88.9 Å². The molecule has 0 aliphatic heterocycles. The molecule has 0 bridgehead atoms.